The zero-order valence-corrected chi connectivity index (χ0v) is 13.0. The van der Waals surface area contributed by atoms with Gasteiger partial charge in [-0.2, -0.15) is 5.26 Å². The molecule has 2 aromatic heterocycles. The maximum absolute atomic E-state index is 9.47. The van der Waals surface area contributed by atoms with Crippen molar-refractivity contribution in [3.05, 3.63) is 65.4 Å². The van der Waals surface area contributed by atoms with Gasteiger partial charge in [-0.25, -0.2) is 4.98 Å². The minimum absolute atomic E-state index is 0.656. The van der Waals surface area contributed by atoms with Crippen molar-refractivity contribution in [1.29, 1.82) is 5.26 Å². The summed E-state index contributed by atoms with van der Waals surface area (Å²) in [5, 5.41) is 11.5. The highest BCUT2D eigenvalue weighted by Crippen LogP contribution is 2.32. The molecule has 3 nitrogen and oxygen atoms in total. The Labute approximate surface area is 134 Å². The highest BCUT2D eigenvalue weighted by atomic mass is 14.7. The van der Waals surface area contributed by atoms with Gasteiger partial charge in [-0.15, -0.1) is 0 Å². The number of hydrogen-bond donors (Lipinski definition) is 1. The average molecular weight is 297 g/mol. The SMILES string of the molecule is Cc1ccc2c(-c3cc(C#N)c4ccccc4n3)c[nH]c2c1C. The van der Waals surface area contributed by atoms with Gasteiger partial charge in [0.2, 0.25) is 0 Å². The smallest absolute Gasteiger partial charge is 0.0999 e. The van der Waals surface area contributed by atoms with Crippen LogP contribution < -0.4 is 0 Å². The minimum atomic E-state index is 0.656. The molecular weight excluding hydrogens is 282 g/mol. The van der Waals surface area contributed by atoms with Crippen LogP contribution in [0.2, 0.25) is 0 Å². The fourth-order valence-electron chi connectivity index (χ4n) is 3.07. The molecule has 0 bridgehead atoms. The van der Waals surface area contributed by atoms with Gasteiger partial charge in [0.1, 0.15) is 0 Å². The molecule has 2 heterocycles. The number of nitrogens with one attached hydrogen (secondary N) is 1. The van der Waals surface area contributed by atoms with E-state index in [4.69, 9.17) is 4.98 Å². The Morgan fingerprint density at radius 3 is 2.70 bits per heavy atom. The van der Waals surface area contributed by atoms with Crippen LogP contribution in [0.3, 0.4) is 0 Å². The largest absolute Gasteiger partial charge is 0.360 e. The van der Waals surface area contributed by atoms with Crippen LogP contribution in [0.5, 0.6) is 0 Å². The normalized spacial score (nSPS) is 11.0. The molecular formula is C20H15N3. The molecule has 0 saturated heterocycles. The van der Waals surface area contributed by atoms with Crippen LogP contribution in [0.4, 0.5) is 0 Å². The maximum atomic E-state index is 9.47. The van der Waals surface area contributed by atoms with E-state index in [1.165, 1.54) is 11.1 Å². The zero-order chi connectivity index (χ0) is 16.0. The molecule has 4 rings (SSSR count). The van der Waals surface area contributed by atoms with Gasteiger partial charge < -0.3 is 4.98 Å². The fourth-order valence-corrected chi connectivity index (χ4v) is 3.07. The van der Waals surface area contributed by atoms with Crippen LogP contribution in [0.25, 0.3) is 33.1 Å². The van der Waals surface area contributed by atoms with Crippen LogP contribution in [0, 0.1) is 25.2 Å². The van der Waals surface area contributed by atoms with E-state index in [0.717, 1.165) is 33.1 Å². The topological polar surface area (TPSA) is 52.5 Å². The van der Waals surface area contributed by atoms with Gasteiger partial charge in [0, 0.05) is 28.0 Å². The quantitative estimate of drug-likeness (QED) is 0.545. The third-order valence-electron chi connectivity index (χ3n) is 4.50. The number of rotatable bonds is 1. The second-order valence-electron chi connectivity index (χ2n) is 5.82. The number of nitrogens with zero attached hydrogens (tertiary/aromatic N) is 2. The van der Waals surface area contributed by atoms with E-state index in [-0.39, 0.29) is 0 Å². The van der Waals surface area contributed by atoms with Crippen molar-refractivity contribution in [1.82, 2.24) is 9.97 Å². The van der Waals surface area contributed by atoms with Gasteiger partial charge in [0.15, 0.2) is 0 Å². The van der Waals surface area contributed by atoms with Crippen molar-refractivity contribution >= 4 is 21.8 Å². The predicted octanol–water partition coefficient (Wildman–Crippen LogP) is 4.87. The van der Waals surface area contributed by atoms with Gasteiger partial charge in [-0.05, 0) is 37.1 Å². The van der Waals surface area contributed by atoms with E-state index in [2.05, 4.69) is 37.0 Å². The van der Waals surface area contributed by atoms with Crippen LogP contribution in [-0.4, -0.2) is 9.97 Å². The number of aryl methyl sites for hydroxylation is 2. The van der Waals surface area contributed by atoms with E-state index < -0.39 is 0 Å². The second-order valence-corrected chi connectivity index (χ2v) is 5.82. The highest BCUT2D eigenvalue weighted by molar-refractivity contribution is 5.98. The highest BCUT2D eigenvalue weighted by Gasteiger charge is 2.12. The molecule has 0 aliphatic heterocycles. The van der Waals surface area contributed by atoms with Crippen molar-refractivity contribution < 1.29 is 0 Å². The number of aromatic amines is 1. The molecule has 0 unspecified atom stereocenters. The molecule has 0 fully saturated rings. The van der Waals surface area contributed by atoms with Crippen molar-refractivity contribution in [2.24, 2.45) is 0 Å². The Kier molecular flexibility index (Phi) is 2.92. The first-order valence-electron chi connectivity index (χ1n) is 7.56. The first kappa shape index (κ1) is 13.5. The molecule has 2 aromatic carbocycles. The third kappa shape index (κ3) is 2.00. The second kappa shape index (κ2) is 4.96. The first-order valence-corrected chi connectivity index (χ1v) is 7.56. The summed E-state index contributed by atoms with van der Waals surface area (Å²) < 4.78 is 0. The van der Waals surface area contributed by atoms with Crippen molar-refractivity contribution in [3.63, 3.8) is 0 Å². The summed E-state index contributed by atoms with van der Waals surface area (Å²) in [7, 11) is 0. The number of benzene rings is 2. The summed E-state index contributed by atoms with van der Waals surface area (Å²) in [6.45, 7) is 4.23. The number of fused-ring (bicyclic) bond motifs is 2. The Morgan fingerprint density at radius 1 is 1.04 bits per heavy atom. The molecule has 0 aliphatic rings. The number of H-pyrrole nitrogens is 1. The first-order chi connectivity index (χ1) is 11.2. The lowest BCUT2D eigenvalue weighted by molar-refractivity contribution is 1.34. The summed E-state index contributed by atoms with van der Waals surface area (Å²) >= 11 is 0. The Bertz CT molecular complexity index is 1100. The predicted molar refractivity (Wildman–Crippen MR) is 93.2 cm³/mol. The Morgan fingerprint density at radius 2 is 1.87 bits per heavy atom. The van der Waals surface area contributed by atoms with Crippen molar-refractivity contribution in [3.8, 4) is 17.3 Å². The molecule has 0 amide bonds. The summed E-state index contributed by atoms with van der Waals surface area (Å²) in [5.41, 5.74) is 7.00. The molecule has 0 spiro atoms. The van der Waals surface area contributed by atoms with Crippen LogP contribution in [0.15, 0.2) is 48.7 Å². The zero-order valence-electron chi connectivity index (χ0n) is 13.0. The van der Waals surface area contributed by atoms with E-state index in [1.807, 2.05) is 36.5 Å². The van der Waals surface area contributed by atoms with Crippen molar-refractivity contribution in [2.75, 3.05) is 0 Å². The molecule has 0 aliphatic carbocycles. The lowest BCUT2D eigenvalue weighted by Gasteiger charge is -2.06. The number of para-hydroxylation sites is 1. The summed E-state index contributed by atoms with van der Waals surface area (Å²) in [5.74, 6) is 0. The molecule has 23 heavy (non-hydrogen) atoms. The van der Waals surface area contributed by atoms with Gasteiger partial charge in [-0.1, -0.05) is 30.3 Å². The maximum Gasteiger partial charge on any atom is 0.0999 e. The van der Waals surface area contributed by atoms with E-state index in [0.29, 0.717) is 5.56 Å². The molecule has 0 radical (unpaired) electrons. The molecule has 1 N–H and O–H groups in total. The molecule has 0 atom stereocenters. The van der Waals surface area contributed by atoms with Gasteiger partial charge >= 0.3 is 0 Å². The van der Waals surface area contributed by atoms with Crippen molar-refractivity contribution in [2.45, 2.75) is 13.8 Å². The van der Waals surface area contributed by atoms with Crippen LogP contribution >= 0.6 is 0 Å². The molecule has 0 saturated carbocycles. The lowest BCUT2D eigenvalue weighted by atomic mass is 10.0. The molecule has 110 valence electrons. The monoisotopic (exact) mass is 297 g/mol. The number of pyridine rings is 1. The molecule has 4 aromatic rings. The Balaban J connectivity index is 2.04. The lowest BCUT2D eigenvalue weighted by Crippen LogP contribution is -1.89. The van der Waals surface area contributed by atoms with Crippen LogP contribution in [-0.2, 0) is 0 Å². The molecule has 3 heteroatoms. The summed E-state index contributed by atoms with van der Waals surface area (Å²) in [4.78, 5) is 8.12. The minimum Gasteiger partial charge on any atom is -0.360 e. The van der Waals surface area contributed by atoms with Gasteiger partial charge in [0.05, 0.1) is 22.8 Å². The van der Waals surface area contributed by atoms with E-state index in [1.54, 1.807) is 0 Å². The summed E-state index contributed by atoms with van der Waals surface area (Å²) in [6.07, 6.45) is 1.98. The van der Waals surface area contributed by atoms with Crippen LogP contribution in [0.1, 0.15) is 16.7 Å². The van der Waals surface area contributed by atoms with E-state index >= 15 is 0 Å². The van der Waals surface area contributed by atoms with E-state index in [9.17, 15) is 5.26 Å². The third-order valence-corrected chi connectivity index (χ3v) is 4.50. The summed E-state index contributed by atoms with van der Waals surface area (Å²) in [6, 6.07) is 16.2. The standard InChI is InChI=1S/C20H15N3/c1-12-7-8-16-17(11-22-20(16)13(12)2)19-9-14(10-21)15-5-3-4-6-18(15)23-19/h3-9,11,22H,1-2H3. The Hall–Kier alpha value is -3.12. The average Bonchev–Trinajstić information content (AvgIpc) is 3.02. The number of hydrogen-bond acceptors (Lipinski definition) is 2. The number of nitriles is 1. The fraction of sp³-hybridized carbons (Fsp3) is 0.100. The van der Waals surface area contributed by atoms with Gasteiger partial charge in [-0.3, -0.25) is 0 Å². The number of aromatic nitrogens is 2. The van der Waals surface area contributed by atoms with Gasteiger partial charge in [0.25, 0.3) is 0 Å².